The Hall–Kier alpha value is -0.700. The van der Waals surface area contributed by atoms with Crippen molar-refractivity contribution < 1.29 is 0 Å². The molecule has 1 aliphatic rings. The summed E-state index contributed by atoms with van der Waals surface area (Å²) in [5.74, 6) is 0.655. The number of nitrogen functional groups attached to an aromatic ring is 1. The number of hydrogen-bond donors (Lipinski definition) is 1. The van der Waals surface area contributed by atoms with E-state index in [4.69, 9.17) is 17.3 Å². The molecular formula is C14H24ClN3. The van der Waals surface area contributed by atoms with E-state index >= 15 is 0 Å². The van der Waals surface area contributed by atoms with Gasteiger partial charge in [0.05, 0.1) is 11.7 Å². The van der Waals surface area contributed by atoms with Crippen molar-refractivity contribution >= 4 is 17.4 Å². The van der Waals surface area contributed by atoms with Crippen LogP contribution in [0.4, 0.5) is 5.82 Å². The minimum absolute atomic E-state index is 0.182. The van der Waals surface area contributed by atoms with Crippen molar-refractivity contribution in [2.75, 3.05) is 5.73 Å². The summed E-state index contributed by atoms with van der Waals surface area (Å²) in [5, 5.41) is 5.34. The Balaban J connectivity index is 2.24. The van der Waals surface area contributed by atoms with Gasteiger partial charge in [0.15, 0.2) is 0 Å². The maximum absolute atomic E-state index is 6.33. The predicted molar refractivity (Wildman–Crippen MR) is 76.9 cm³/mol. The van der Waals surface area contributed by atoms with Gasteiger partial charge in [-0.3, -0.25) is 0 Å². The number of rotatable bonds is 2. The molecule has 4 heteroatoms. The van der Waals surface area contributed by atoms with Crippen LogP contribution in [0.2, 0.25) is 5.02 Å². The number of anilines is 1. The molecule has 0 saturated heterocycles. The highest BCUT2D eigenvalue weighted by Crippen LogP contribution is 2.35. The van der Waals surface area contributed by atoms with Crippen LogP contribution in [0.15, 0.2) is 0 Å². The molecule has 1 heterocycles. The molecule has 1 aromatic heterocycles. The maximum atomic E-state index is 6.33. The van der Waals surface area contributed by atoms with Crippen molar-refractivity contribution in [2.24, 2.45) is 5.41 Å². The van der Waals surface area contributed by atoms with E-state index < -0.39 is 0 Å². The van der Waals surface area contributed by atoms with Crippen LogP contribution in [-0.4, -0.2) is 9.78 Å². The highest BCUT2D eigenvalue weighted by atomic mass is 35.5. The van der Waals surface area contributed by atoms with E-state index in [1.807, 2.05) is 4.68 Å². The first-order valence-electron chi connectivity index (χ1n) is 6.91. The Morgan fingerprint density at radius 3 is 2.44 bits per heavy atom. The van der Waals surface area contributed by atoms with Gasteiger partial charge in [-0.2, -0.15) is 5.10 Å². The Bertz CT molecular complexity index is 411. The highest BCUT2D eigenvalue weighted by molar-refractivity contribution is 6.33. The van der Waals surface area contributed by atoms with Crippen molar-refractivity contribution in [3.05, 3.63) is 10.7 Å². The van der Waals surface area contributed by atoms with Crippen LogP contribution in [-0.2, 0) is 6.42 Å². The average molecular weight is 270 g/mol. The second-order valence-electron chi connectivity index (χ2n) is 6.62. The van der Waals surface area contributed by atoms with Gasteiger partial charge in [0.25, 0.3) is 0 Å². The molecule has 1 saturated carbocycles. The number of nitrogens with zero attached hydrogens (tertiary/aromatic N) is 2. The summed E-state index contributed by atoms with van der Waals surface area (Å²) in [6.45, 7) is 6.58. The molecule has 3 nitrogen and oxygen atoms in total. The maximum Gasteiger partial charge on any atom is 0.141 e. The van der Waals surface area contributed by atoms with Crippen LogP contribution in [0.3, 0.4) is 0 Å². The molecule has 1 aliphatic carbocycles. The van der Waals surface area contributed by atoms with E-state index in [0.29, 0.717) is 16.9 Å². The van der Waals surface area contributed by atoms with Gasteiger partial charge in [0, 0.05) is 0 Å². The highest BCUT2D eigenvalue weighted by Gasteiger charge is 2.24. The molecule has 102 valence electrons. The molecule has 0 spiro atoms. The summed E-state index contributed by atoms with van der Waals surface area (Å²) < 4.78 is 1.97. The van der Waals surface area contributed by atoms with E-state index in [-0.39, 0.29) is 5.41 Å². The standard InChI is InChI=1S/C14H24ClN3/c1-14(2,3)9-11-12(15)13(16)18(17-11)10-7-5-4-6-8-10/h10H,4-9,16H2,1-3H3. The van der Waals surface area contributed by atoms with Gasteiger partial charge in [0.2, 0.25) is 0 Å². The fourth-order valence-corrected chi connectivity index (χ4v) is 2.89. The first kappa shape index (κ1) is 13.7. The third-order valence-electron chi connectivity index (χ3n) is 3.57. The third kappa shape index (κ3) is 3.00. The van der Waals surface area contributed by atoms with E-state index in [2.05, 4.69) is 25.9 Å². The molecule has 0 atom stereocenters. The Morgan fingerprint density at radius 1 is 1.28 bits per heavy atom. The lowest BCUT2D eigenvalue weighted by atomic mass is 9.91. The molecule has 1 aromatic rings. The smallest absolute Gasteiger partial charge is 0.141 e. The summed E-state index contributed by atoms with van der Waals surface area (Å²) in [4.78, 5) is 0. The molecule has 0 radical (unpaired) electrons. The number of hydrogen-bond acceptors (Lipinski definition) is 2. The van der Waals surface area contributed by atoms with Crippen LogP contribution in [0.1, 0.15) is 64.6 Å². The molecule has 0 aliphatic heterocycles. The fraction of sp³-hybridized carbons (Fsp3) is 0.786. The van der Waals surface area contributed by atoms with Gasteiger partial charge in [-0.1, -0.05) is 51.6 Å². The molecule has 0 aromatic carbocycles. The monoisotopic (exact) mass is 269 g/mol. The molecular weight excluding hydrogens is 246 g/mol. The van der Waals surface area contributed by atoms with Crippen molar-refractivity contribution in [3.63, 3.8) is 0 Å². The minimum Gasteiger partial charge on any atom is -0.383 e. The lowest BCUT2D eigenvalue weighted by molar-refractivity contribution is 0.328. The molecule has 18 heavy (non-hydrogen) atoms. The first-order chi connectivity index (χ1) is 8.38. The van der Waals surface area contributed by atoms with Gasteiger partial charge in [-0.15, -0.1) is 0 Å². The number of nitrogens with two attached hydrogens (primary N) is 1. The zero-order valence-electron chi connectivity index (χ0n) is 11.7. The minimum atomic E-state index is 0.182. The predicted octanol–water partition coefficient (Wildman–Crippen LogP) is 4.21. The largest absolute Gasteiger partial charge is 0.383 e. The van der Waals surface area contributed by atoms with Gasteiger partial charge in [0.1, 0.15) is 10.8 Å². The summed E-state index contributed by atoms with van der Waals surface area (Å²) in [7, 11) is 0. The Labute approximate surface area is 115 Å². The lowest BCUT2D eigenvalue weighted by Crippen LogP contribution is -2.17. The third-order valence-corrected chi connectivity index (χ3v) is 3.98. The fourth-order valence-electron chi connectivity index (χ4n) is 2.70. The second-order valence-corrected chi connectivity index (χ2v) is 7.00. The molecule has 1 fully saturated rings. The van der Waals surface area contributed by atoms with E-state index in [0.717, 1.165) is 12.1 Å². The topological polar surface area (TPSA) is 43.8 Å². The summed E-state index contributed by atoms with van der Waals surface area (Å²) >= 11 is 6.33. The van der Waals surface area contributed by atoms with Gasteiger partial charge < -0.3 is 5.73 Å². The Morgan fingerprint density at radius 2 is 1.89 bits per heavy atom. The van der Waals surface area contributed by atoms with E-state index in [1.54, 1.807) is 0 Å². The van der Waals surface area contributed by atoms with Gasteiger partial charge >= 0.3 is 0 Å². The molecule has 0 unspecified atom stereocenters. The summed E-state index contributed by atoms with van der Waals surface area (Å²) in [6, 6.07) is 0.449. The normalized spacial score (nSPS) is 18.2. The first-order valence-corrected chi connectivity index (χ1v) is 7.28. The van der Waals surface area contributed by atoms with Crippen molar-refractivity contribution in [3.8, 4) is 0 Å². The van der Waals surface area contributed by atoms with E-state index in [9.17, 15) is 0 Å². The zero-order valence-corrected chi connectivity index (χ0v) is 12.4. The van der Waals surface area contributed by atoms with Gasteiger partial charge in [-0.25, -0.2) is 4.68 Å². The van der Waals surface area contributed by atoms with Crippen molar-refractivity contribution in [1.82, 2.24) is 9.78 Å². The van der Waals surface area contributed by atoms with Crippen molar-refractivity contribution in [1.29, 1.82) is 0 Å². The number of aromatic nitrogens is 2. The SMILES string of the molecule is CC(C)(C)Cc1nn(C2CCCCC2)c(N)c1Cl. The Kier molecular flexibility index (Phi) is 3.90. The average Bonchev–Trinajstić information content (AvgIpc) is 2.57. The van der Waals surface area contributed by atoms with Crippen molar-refractivity contribution in [2.45, 2.75) is 65.3 Å². The molecule has 0 amide bonds. The molecule has 2 N–H and O–H groups in total. The quantitative estimate of drug-likeness (QED) is 0.874. The second kappa shape index (κ2) is 5.12. The van der Waals surface area contributed by atoms with Crippen LogP contribution >= 0.6 is 11.6 Å². The molecule has 2 rings (SSSR count). The van der Waals surface area contributed by atoms with Crippen LogP contribution in [0.25, 0.3) is 0 Å². The van der Waals surface area contributed by atoms with E-state index in [1.165, 1.54) is 32.1 Å². The summed E-state index contributed by atoms with van der Waals surface area (Å²) in [5.41, 5.74) is 7.26. The number of halogens is 1. The van der Waals surface area contributed by atoms with Crippen LogP contribution < -0.4 is 5.73 Å². The van der Waals surface area contributed by atoms with Gasteiger partial charge in [-0.05, 0) is 24.7 Å². The van der Waals surface area contributed by atoms with Crippen LogP contribution in [0.5, 0.6) is 0 Å². The zero-order chi connectivity index (χ0) is 13.3. The summed E-state index contributed by atoms with van der Waals surface area (Å²) in [6.07, 6.45) is 7.11. The van der Waals surface area contributed by atoms with Crippen LogP contribution in [0, 0.1) is 5.41 Å². The molecule has 0 bridgehead atoms. The lowest BCUT2D eigenvalue weighted by Gasteiger charge is -2.23.